The Labute approximate surface area is 115 Å². The van der Waals surface area contributed by atoms with Crippen molar-refractivity contribution in [3.8, 4) is 0 Å². The topological polar surface area (TPSA) is 29.3 Å². The molecule has 0 saturated carbocycles. The van der Waals surface area contributed by atoms with Gasteiger partial charge in [-0.25, -0.2) is 5.84 Å². The van der Waals surface area contributed by atoms with Gasteiger partial charge in [0.2, 0.25) is 0 Å². The molecule has 2 rings (SSSR count). The fourth-order valence-corrected chi connectivity index (χ4v) is 2.07. The summed E-state index contributed by atoms with van der Waals surface area (Å²) in [6.07, 6.45) is 4.26. The van der Waals surface area contributed by atoms with Crippen LogP contribution in [0.4, 0.5) is 5.69 Å². The van der Waals surface area contributed by atoms with Gasteiger partial charge in [0.1, 0.15) is 0 Å². The van der Waals surface area contributed by atoms with E-state index in [2.05, 4.69) is 50.3 Å². The van der Waals surface area contributed by atoms with Crippen molar-refractivity contribution in [1.82, 2.24) is 0 Å². The molecule has 98 valence electrons. The molecular formula is C17H20N2. The Morgan fingerprint density at radius 1 is 0.947 bits per heavy atom. The van der Waals surface area contributed by atoms with Crippen molar-refractivity contribution in [2.75, 3.05) is 12.1 Å². The fraction of sp³-hybridized carbons (Fsp3) is 0.176. The Hall–Kier alpha value is -2.06. The van der Waals surface area contributed by atoms with E-state index >= 15 is 0 Å². The van der Waals surface area contributed by atoms with Crippen LogP contribution in [0.3, 0.4) is 0 Å². The first kappa shape index (κ1) is 13.4. The summed E-state index contributed by atoms with van der Waals surface area (Å²) < 4.78 is 0. The molecule has 0 amide bonds. The van der Waals surface area contributed by atoms with Crippen LogP contribution in [-0.4, -0.2) is 7.05 Å². The van der Waals surface area contributed by atoms with E-state index in [4.69, 9.17) is 5.84 Å². The van der Waals surface area contributed by atoms with Gasteiger partial charge in [-0.2, -0.15) is 0 Å². The van der Waals surface area contributed by atoms with Crippen LogP contribution in [-0.2, 0) is 0 Å². The van der Waals surface area contributed by atoms with Gasteiger partial charge in [0.05, 0.1) is 5.69 Å². The van der Waals surface area contributed by atoms with Crippen molar-refractivity contribution in [1.29, 1.82) is 0 Å². The second-order valence-electron chi connectivity index (χ2n) is 4.86. The quantitative estimate of drug-likeness (QED) is 0.511. The van der Waals surface area contributed by atoms with Crippen molar-refractivity contribution >= 4 is 17.8 Å². The minimum Gasteiger partial charge on any atom is -0.314 e. The van der Waals surface area contributed by atoms with Gasteiger partial charge in [-0.05, 0) is 36.6 Å². The monoisotopic (exact) mass is 252 g/mol. The van der Waals surface area contributed by atoms with Crippen molar-refractivity contribution in [3.63, 3.8) is 0 Å². The van der Waals surface area contributed by atoms with E-state index in [1.54, 1.807) is 5.01 Å². The van der Waals surface area contributed by atoms with Gasteiger partial charge in [-0.1, -0.05) is 54.1 Å². The number of hydrazine groups is 1. The number of hydrogen-bond acceptors (Lipinski definition) is 2. The van der Waals surface area contributed by atoms with Gasteiger partial charge in [-0.3, -0.25) is 0 Å². The first-order chi connectivity index (χ1) is 9.08. The molecule has 0 bridgehead atoms. The molecule has 19 heavy (non-hydrogen) atoms. The summed E-state index contributed by atoms with van der Waals surface area (Å²) >= 11 is 0. The third-order valence-electron chi connectivity index (χ3n) is 3.19. The summed E-state index contributed by atoms with van der Waals surface area (Å²) in [5, 5.41) is 1.64. The summed E-state index contributed by atoms with van der Waals surface area (Å²) in [5.74, 6) is 5.84. The number of para-hydroxylation sites is 1. The number of aryl methyl sites for hydroxylation is 2. The van der Waals surface area contributed by atoms with Gasteiger partial charge < -0.3 is 5.01 Å². The lowest BCUT2D eigenvalue weighted by Crippen LogP contribution is -2.25. The number of nitrogens with two attached hydrogens (primary N) is 1. The average Bonchev–Trinajstić information content (AvgIpc) is 2.40. The largest absolute Gasteiger partial charge is 0.314 e. The first-order valence-corrected chi connectivity index (χ1v) is 6.41. The minimum absolute atomic E-state index is 1.02. The van der Waals surface area contributed by atoms with Gasteiger partial charge in [-0.15, -0.1) is 0 Å². The Kier molecular flexibility index (Phi) is 4.03. The minimum atomic E-state index is 1.02. The van der Waals surface area contributed by atoms with Crippen LogP contribution < -0.4 is 10.9 Å². The van der Waals surface area contributed by atoms with E-state index in [0.717, 1.165) is 11.3 Å². The molecule has 0 atom stereocenters. The van der Waals surface area contributed by atoms with E-state index in [1.165, 1.54) is 16.7 Å². The number of rotatable bonds is 3. The van der Waals surface area contributed by atoms with Crippen LogP contribution in [0.15, 0.2) is 42.5 Å². The van der Waals surface area contributed by atoms with Gasteiger partial charge in [0.25, 0.3) is 0 Å². The fourth-order valence-electron chi connectivity index (χ4n) is 2.07. The lowest BCUT2D eigenvalue weighted by atomic mass is 10.0. The maximum absolute atomic E-state index is 5.84. The Morgan fingerprint density at radius 2 is 1.63 bits per heavy atom. The lowest BCUT2D eigenvalue weighted by molar-refractivity contribution is 1.02. The molecule has 0 aromatic heterocycles. The molecule has 0 spiro atoms. The predicted octanol–water partition coefficient (Wildman–Crippen LogP) is 3.78. The summed E-state index contributed by atoms with van der Waals surface area (Å²) in [7, 11) is 1.85. The van der Waals surface area contributed by atoms with Crippen LogP contribution in [0.1, 0.15) is 22.3 Å². The summed E-state index contributed by atoms with van der Waals surface area (Å²) in [6, 6.07) is 14.6. The van der Waals surface area contributed by atoms with Crippen molar-refractivity contribution in [2.45, 2.75) is 13.8 Å². The smallest absolute Gasteiger partial charge is 0.0586 e. The average molecular weight is 252 g/mol. The summed E-state index contributed by atoms with van der Waals surface area (Å²) in [4.78, 5) is 0. The maximum atomic E-state index is 5.84. The first-order valence-electron chi connectivity index (χ1n) is 6.41. The SMILES string of the molecule is Cc1ccc(C)c(/C=C/c2ccccc2N(C)N)c1. The molecule has 0 saturated heterocycles. The van der Waals surface area contributed by atoms with Crippen molar-refractivity contribution in [2.24, 2.45) is 5.84 Å². The molecule has 2 N–H and O–H groups in total. The highest BCUT2D eigenvalue weighted by Gasteiger charge is 2.01. The lowest BCUT2D eigenvalue weighted by Gasteiger charge is -2.14. The normalized spacial score (nSPS) is 10.9. The van der Waals surface area contributed by atoms with E-state index in [-0.39, 0.29) is 0 Å². The molecular weight excluding hydrogens is 232 g/mol. The highest BCUT2D eigenvalue weighted by molar-refractivity contribution is 5.77. The maximum Gasteiger partial charge on any atom is 0.0586 e. The van der Waals surface area contributed by atoms with Crippen LogP contribution in [0.25, 0.3) is 12.2 Å². The zero-order chi connectivity index (χ0) is 13.8. The molecule has 2 nitrogen and oxygen atoms in total. The van der Waals surface area contributed by atoms with Crippen LogP contribution in [0, 0.1) is 13.8 Å². The van der Waals surface area contributed by atoms with E-state index in [1.807, 2.05) is 25.2 Å². The van der Waals surface area contributed by atoms with E-state index < -0.39 is 0 Å². The predicted molar refractivity (Wildman–Crippen MR) is 83.9 cm³/mol. The highest BCUT2D eigenvalue weighted by Crippen LogP contribution is 2.21. The Balaban J connectivity index is 2.35. The third-order valence-corrected chi connectivity index (χ3v) is 3.19. The second kappa shape index (κ2) is 5.72. The number of anilines is 1. The van der Waals surface area contributed by atoms with E-state index in [9.17, 15) is 0 Å². The number of nitrogens with zero attached hydrogens (tertiary/aromatic N) is 1. The molecule has 0 fully saturated rings. The zero-order valence-electron chi connectivity index (χ0n) is 11.7. The molecule has 0 aliphatic heterocycles. The van der Waals surface area contributed by atoms with Crippen LogP contribution >= 0.6 is 0 Å². The van der Waals surface area contributed by atoms with Gasteiger partial charge in [0, 0.05) is 7.05 Å². The van der Waals surface area contributed by atoms with E-state index in [0.29, 0.717) is 0 Å². The summed E-state index contributed by atoms with van der Waals surface area (Å²) in [6.45, 7) is 4.23. The molecule has 2 heteroatoms. The molecule has 0 aliphatic carbocycles. The second-order valence-corrected chi connectivity index (χ2v) is 4.86. The van der Waals surface area contributed by atoms with Crippen molar-refractivity contribution in [3.05, 3.63) is 64.7 Å². The van der Waals surface area contributed by atoms with Crippen LogP contribution in [0.5, 0.6) is 0 Å². The van der Waals surface area contributed by atoms with Gasteiger partial charge >= 0.3 is 0 Å². The molecule has 2 aromatic rings. The Bertz CT molecular complexity index is 598. The summed E-state index contributed by atoms with van der Waals surface area (Å²) in [5.41, 5.74) is 5.93. The Morgan fingerprint density at radius 3 is 2.37 bits per heavy atom. The van der Waals surface area contributed by atoms with Crippen LogP contribution in [0.2, 0.25) is 0 Å². The van der Waals surface area contributed by atoms with Crippen molar-refractivity contribution < 1.29 is 0 Å². The zero-order valence-corrected chi connectivity index (χ0v) is 11.7. The van der Waals surface area contributed by atoms with Gasteiger partial charge in [0.15, 0.2) is 0 Å². The standard InChI is InChI=1S/C17H20N2/c1-13-8-9-14(2)16(12-13)11-10-15-6-4-5-7-17(15)19(3)18/h4-12H,18H2,1-3H3/b11-10+. The third kappa shape index (κ3) is 3.24. The highest BCUT2D eigenvalue weighted by atomic mass is 15.4. The molecule has 0 heterocycles. The molecule has 0 unspecified atom stereocenters. The molecule has 0 aliphatic rings. The molecule has 2 aromatic carbocycles. The molecule has 0 radical (unpaired) electrons. The number of benzene rings is 2. The number of hydrogen-bond donors (Lipinski definition) is 1.